The summed E-state index contributed by atoms with van der Waals surface area (Å²) in [6, 6.07) is 0. The van der Waals surface area contributed by atoms with Gasteiger partial charge in [-0.05, 0) is 73.3 Å². The van der Waals surface area contributed by atoms with Crippen LogP contribution in [0.2, 0.25) is 0 Å². The minimum Gasteiger partial charge on any atom is -0.458 e. The van der Waals surface area contributed by atoms with E-state index in [1.165, 1.54) is 6.92 Å². The van der Waals surface area contributed by atoms with Crippen LogP contribution in [0, 0.1) is 38.7 Å². The Morgan fingerprint density at radius 3 is 2.56 bits per heavy atom. The molecule has 4 aliphatic rings. The minimum atomic E-state index is -1.62. The van der Waals surface area contributed by atoms with Crippen molar-refractivity contribution < 1.29 is 29.0 Å². The molecule has 8 heteroatoms. The fourth-order valence-electron chi connectivity index (χ4n) is 7.63. The Morgan fingerprint density at radius 1 is 1.22 bits per heavy atom. The number of ether oxygens (including phenoxy) is 1. The smallest absolute Gasteiger partial charge is 0.303 e. The molecule has 0 radical (unpaired) electrons. The average molecular weight is 446 g/mol. The van der Waals surface area contributed by atoms with Crippen LogP contribution in [-0.2, 0) is 24.0 Å². The number of nitrogens with zero attached hydrogens (tertiary/aromatic N) is 1. The van der Waals surface area contributed by atoms with Crippen LogP contribution in [0.3, 0.4) is 0 Å². The van der Waals surface area contributed by atoms with Gasteiger partial charge in [0.25, 0.3) is 5.09 Å². The molecule has 8 nitrogen and oxygen atoms in total. The summed E-state index contributed by atoms with van der Waals surface area (Å²) in [5, 5.41) is 10.6. The Kier molecular flexibility index (Phi) is 5.33. The van der Waals surface area contributed by atoms with Gasteiger partial charge in [-0.25, -0.2) is 0 Å². The van der Waals surface area contributed by atoms with E-state index >= 15 is 0 Å². The molecule has 0 aromatic carbocycles. The molecule has 0 aromatic heterocycles. The normalized spacial score (nSPS) is 40.5. The van der Waals surface area contributed by atoms with Gasteiger partial charge in [0.2, 0.25) is 5.78 Å². The fourth-order valence-corrected chi connectivity index (χ4v) is 7.63. The zero-order valence-corrected chi connectivity index (χ0v) is 19.0. The highest BCUT2D eigenvalue weighted by Gasteiger charge is 2.69. The van der Waals surface area contributed by atoms with Crippen molar-refractivity contribution in [2.75, 3.05) is 6.61 Å². The molecule has 0 aliphatic heterocycles. The second kappa shape index (κ2) is 7.52. The maximum atomic E-state index is 13.2. The van der Waals surface area contributed by atoms with Gasteiger partial charge >= 0.3 is 5.97 Å². The van der Waals surface area contributed by atoms with E-state index in [1.54, 1.807) is 6.08 Å². The zero-order chi connectivity index (χ0) is 23.5. The van der Waals surface area contributed by atoms with Gasteiger partial charge in [-0.3, -0.25) is 19.2 Å². The molecular formula is C24H31NO7. The van der Waals surface area contributed by atoms with Gasteiger partial charge in [-0.1, -0.05) is 26.0 Å². The lowest BCUT2D eigenvalue weighted by molar-refractivity contribution is -0.780. The third-order valence-electron chi connectivity index (χ3n) is 9.14. The number of carbonyl (C=O) groups is 3. The summed E-state index contributed by atoms with van der Waals surface area (Å²) in [5.74, 6) is -0.447. The quantitative estimate of drug-likeness (QED) is 0.360. The number of ketones is 2. The van der Waals surface area contributed by atoms with Crippen molar-refractivity contribution in [1.29, 1.82) is 0 Å². The third kappa shape index (κ3) is 3.13. The molecule has 3 saturated carbocycles. The monoisotopic (exact) mass is 445 g/mol. The van der Waals surface area contributed by atoms with Gasteiger partial charge in [-0.15, -0.1) is 10.1 Å². The van der Waals surface area contributed by atoms with Crippen molar-refractivity contribution in [3.8, 4) is 0 Å². The molecule has 0 bridgehead atoms. The highest BCUT2D eigenvalue weighted by molar-refractivity contribution is 5.93. The van der Waals surface area contributed by atoms with E-state index in [9.17, 15) is 24.5 Å². The van der Waals surface area contributed by atoms with Crippen LogP contribution in [0.1, 0.15) is 65.7 Å². The van der Waals surface area contributed by atoms with Crippen molar-refractivity contribution in [1.82, 2.24) is 0 Å². The highest BCUT2D eigenvalue weighted by atomic mass is 17.0. The van der Waals surface area contributed by atoms with Crippen LogP contribution in [0.15, 0.2) is 23.8 Å². The maximum Gasteiger partial charge on any atom is 0.303 e. The number of hydrogen-bond donors (Lipinski definition) is 0. The number of fused-ring (bicyclic) bond motifs is 5. The molecule has 6 atom stereocenters. The largest absolute Gasteiger partial charge is 0.458 e. The van der Waals surface area contributed by atoms with E-state index in [2.05, 4.69) is 13.5 Å². The molecular weight excluding hydrogens is 414 g/mol. The van der Waals surface area contributed by atoms with Crippen molar-refractivity contribution in [2.24, 2.45) is 28.6 Å². The summed E-state index contributed by atoms with van der Waals surface area (Å²) in [4.78, 5) is 53.3. The van der Waals surface area contributed by atoms with Crippen LogP contribution < -0.4 is 0 Å². The van der Waals surface area contributed by atoms with E-state index in [4.69, 9.17) is 9.57 Å². The van der Waals surface area contributed by atoms with Gasteiger partial charge in [0, 0.05) is 18.8 Å². The predicted molar refractivity (Wildman–Crippen MR) is 114 cm³/mol. The van der Waals surface area contributed by atoms with Gasteiger partial charge in [-0.2, -0.15) is 0 Å². The van der Waals surface area contributed by atoms with E-state index in [0.29, 0.717) is 31.6 Å². The van der Waals surface area contributed by atoms with Gasteiger partial charge in [0.15, 0.2) is 18.0 Å². The van der Waals surface area contributed by atoms with Crippen LogP contribution in [0.25, 0.3) is 0 Å². The molecule has 0 spiro atoms. The van der Waals surface area contributed by atoms with E-state index < -0.39 is 34.5 Å². The summed E-state index contributed by atoms with van der Waals surface area (Å²) in [5.41, 5.74) is -0.490. The van der Waals surface area contributed by atoms with E-state index in [-0.39, 0.29) is 29.5 Å². The lowest BCUT2D eigenvalue weighted by Crippen LogP contribution is -2.60. The maximum absolute atomic E-state index is 13.2. The lowest BCUT2D eigenvalue weighted by Gasteiger charge is -2.59. The zero-order valence-electron chi connectivity index (χ0n) is 19.0. The highest BCUT2D eigenvalue weighted by Crippen LogP contribution is 2.69. The molecule has 0 unspecified atom stereocenters. The predicted octanol–water partition coefficient (Wildman–Crippen LogP) is 3.76. The Balaban J connectivity index is 1.71. The average Bonchev–Trinajstić information content (AvgIpc) is 3.00. The summed E-state index contributed by atoms with van der Waals surface area (Å²) in [7, 11) is 0. The number of allylic oxidation sites excluding steroid dienone is 2. The number of Topliss-reactive ketones (excluding diaryl/α,β-unsaturated/α-hetero) is 1. The van der Waals surface area contributed by atoms with Crippen LogP contribution >= 0.6 is 0 Å². The molecule has 4 rings (SSSR count). The summed E-state index contributed by atoms with van der Waals surface area (Å²) < 4.78 is 4.92. The molecule has 0 aromatic rings. The second-order valence-electron chi connectivity index (χ2n) is 10.5. The van der Waals surface area contributed by atoms with E-state index in [1.807, 2.05) is 6.92 Å². The van der Waals surface area contributed by atoms with Crippen LogP contribution in [-0.4, -0.2) is 34.8 Å². The number of esters is 1. The number of hydrogen-bond acceptors (Lipinski definition) is 7. The lowest BCUT2D eigenvalue weighted by atomic mass is 9.45. The molecule has 3 fully saturated rings. The van der Waals surface area contributed by atoms with Crippen molar-refractivity contribution in [3.63, 3.8) is 0 Å². The van der Waals surface area contributed by atoms with Crippen LogP contribution in [0.5, 0.6) is 0 Å². The summed E-state index contributed by atoms with van der Waals surface area (Å²) >= 11 is 0. The first kappa shape index (κ1) is 22.7. The summed E-state index contributed by atoms with van der Waals surface area (Å²) in [6.07, 6.45) is 6.02. The standard InChI is InChI=1S/C24H31NO7/c1-14-11-17-18(22(3)8-5-16(27)12-20(14)22)6-9-23(4)19(17)7-10-24(23,32-25(29)30)21(28)13-31-15(2)26/h12,17-19H,1,5-11,13H2,2-4H3/t17-,18+,19+,22-,23+,24+/m1/s1. The van der Waals surface area contributed by atoms with Gasteiger partial charge < -0.3 is 4.74 Å². The fraction of sp³-hybridized carbons (Fsp3) is 0.708. The first-order chi connectivity index (χ1) is 14.9. The Bertz CT molecular complexity index is 939. The molecule has 0 amide bonds. The van der Waals surface area contributed by atoms with Crippen LogP contribution in [0.4, 0.5) is 0 Å². The molecule has 0 heterocycles. The number of carbonyl (C=O) groups excluding carboxylic acids is 3. The number of rotatable bonds is 5. The second-order valence-corrected chi connectivity index (χ2v) is 10.5. The van der Waals surface area contributed by atoms with Crippen molar-refractivity contribution >= 4 is 17.5 Å². The minimum absolute atomic E-state index is 0.0373. The van der Waals surface area contributed by atoms with Gasteiger partial charge in [0.1, 0.15) is 0 Å². The molecule has 0 N–H and O–H groups in total. The third-order valence-corrected chi connectivity index (χ3v) is 9.14. The van der Waals surface area contributed by atoms with Crippen molar-refractivity contribution in [3.05, 3.63) is 33.9 Å². The Morgan fingerprint density at radius 2 is 1.91 bits per heavy atom. The van der Waals surface area contributed by atoms with Gasteiger partial charge in [0.05, 0.1) is 0 Å². The molecule has 4 aliphatic carbocycles. The molecule has 174 valence electrons. The first-order valence-corrected chi connectivity index (χ1v) is 11.4. The van der Waals surface area contributed by atoms with E-state index in [0.717, 1.165) is 24.0 Å². The molecule has 0 saturated heterocycles. The Hall–Kier alpha value is -2.51. The Labute approximate surface area is 187 Å². The van der Waals surface area contributed by atoms with Crippen molar-refractivity contribution in [2.45, 2.75) is 71.3 Å². The molecule has 32 heavy (non-hydrogen) atoms. The SMILES string of the molecule is C=C1C[C@@H]2[C@H](CC[C@@]3(C)[C@H]2CC[C@]3(O[N+](=O)[O-])C(=O)COC(C)=O)[C@@]2(C)CCC(=O)C=C12. The summed E-state index contributed by atoms with van der Waals surface area (Å²) in [6.45, 7) is 9.11. The first-order valence-electron chi connectivity index (χ1n) is 11.4. The topological polar surface area (TPSA) is 113 Å².